The van der Waals surface area contributed by atoms with Crippen LogP contribution in [0.25, 0.3) is 0 Å². The summed E-state index contributed by atoms with van der Waals surface area (Å²) in [6.45, 7) is 2.01. The molecule has 2 aromatic rings. The van der Waals surface area contributed by atoms with Gasteiger partial charge in [0, 0.05) is 0 Å². The Balaban J connectivity index is 1.70. The number of nitrogens with one attached hydrogen (secondary N) is 1. The van der Waals surface area contributed by atoms with E-state index in [1.165, 1.54) is 5.56 Å². The third-order valence-electron chi connectivity index (χ3n) is 4.13. The van der Waals surface area contributed by atoms with Crippen LogP contribution in [-0.2, 0) is 20.9 Å². The highest BCUT2D eigenvalue weighted by atomic mass is 32.2. The van der Waals surface area contributed by atoms with Gasteiger partial charge in [0.15, 0.2) is 0 Å². The molecule has 122 valence electrons. The molecule has 1 aliphatic heterocycles. The number of hydrogen-bond donors (Lipinski definition) is 1. The summed E-state index contributed by atoms with van der Waals surface area (Å²) < 4.78 is 31.8. The first-order chi connectivity index (χ1) is 11.0. The summed E-state index contributed by atoms with van der Waals surface area (Å²) in [5.41, 5.74) is 3.33. The van der Waals surface area contributed by atoms with Crippen molar-refractivity contribution in [1.29, 1.82) is 0 Å². The molecule has 1 aliphatic rings. The van der Waals surface area contributed by atoms with Gasteiger partial charge in [-0.15, -0.1) is 0 Å². The largest absolute Gasteiger partial charge is 0.336 e. The Morgan fingerprint density at radius 3 is 2.48 bits per heavy atom. The van der Waals surface area contributed by atoms with Gasteiger partial charge in [0.25, 0.3) is 0 Å². The molecule has 1 fully saturated rings. The molecule has 0 radical (unpaired) electrons. The highest BCUT2D eigenvalue weighted by molar-refractivity contribution is 7.84. The molecule has 0 aliphatic carbocycles. The molecule has 1 saturated heterocycles. The highest BCUT2D eigenvalue weighted by Gasteiger charge is 2.32. The summed E-state index contributed by atoms with van der Waals surface area (Å²) in [4.78, 5) is 0. The summed E-state index contributed by atoms with van der Waals surface area (Å²) in [5, 5.41) is 0. The van der Waals surface area contributed by atoms with Crippen LogP contribution >= 0.6 is 0 Å². The summed E-state index contributed by atoms with van der Waals surface area (Å²) in [7, 11) is -3.69. The first kappa shape index (κ1) is 16.2. The van der Waals surface area contributed by atoms with Crippen molar-refractivity contribution in [2.24, 2.45) is 0 Å². The van der Waals surface area contributed by atoms with Crippen molar-refractivity contribution in [3.05, 3.63) is 71.3 Å². The molecular formula is C18H21NO3S. The van der Waals surface area contributed by atoms with E-state index in [1.54, 1.807) is 0 Å². The van der Waals surface area contributed by atoms with Crippen molar-refractivity contribution < 1.29 is 12.6 Å². The van der Waals surface area contributed by atoms with Crippen molar-refractivity contribution in [2.45, 2.75) is 38.3 Å². The average molecular weight is 331 g/mol. The van der Waals surface area contributed by atoms with E-state index in [2.05, 4.69) is 4.72 Å². The summed E-state index contributed by atoms with van der Waals surface area (Å²) in [5.74, 6) is 0. The predicted octanol–water partition coefficient (Wildman–Crippen LogP) is 3.29. The van der Waals surface area contributed by atoms with Gasteiger partial charge in [0.2, 0.25) is 0 Å². The van der Waals surface area contributed by atoms with Gasteiger partial charge in [-0.25, -0.2) is 0 Å². The number of hydrogen-bond acceptors (Lipinski definition) is 3. The Hall–Kier alpha value is -1.69. The van der Waals surface area contributed by atoms with Gasteiger partial charge < -0.3 is 0 Å². The molecule has 23 heavy (non-hydrogen) atoms. The molecule has 2 aromatic carbocycles. The molecule has 1 heterocycles. The Labute approximate surface area is 137 Å². The molecule has 0 amide bonds. The molecule has 3 rings (SSSR count). The Kier molecular flexibility index (Phi) is 4.80. The average Bonchev–Trinajstić information content (AvgIpc) is 2.53. The standard InChI is InChI=1S/C18H21NO3S/c1-14-7-10-16(11-8-14)18-13-17(22-23(20,21)19-18)12-9-15-5-3-2-4-6-15/h2-8,10-11,17-19H,9,12-13H2,1H3. The minimum atomic E-state index is -3.69. The molecule has 2 atom stereocenters. The van der Waals surface area contributed by atoms with Crippen LogP contribution in [0.1, 0.15) is 35.6 Å². The molecular weight excluding hydrogens is 310 g/mol. The molecule has 0 bridgehead atoms. The maximum atomic E-state index is 12.0. The molecule has 0 spiro atoms. The number of benzene rings is 2. The van der Waals surface area contributed by atoms with E-state index >= 15 is 0 Å². The zero-order chi connectivity index (χ0) is 16.3. The SMILES string of the molecule is Cc1ccc(C2CC(CCc3ccccc3)OS(=O)(=O)N2)cc1. The highest BCUT2D eigenvalue weighted by Crippen LogP contribution is 2.28. The number of aryl methyl sites for hydroxylation is 2. The van der Waals surface area contributed by atoms with E-state index in [0.717, 1.165) is 17.5 Å². The van der Waals surface area contributed by atoms with Gasteiger partial charge in [0.1, 0.15) is 0 Å². The topological polar surface area (TPSA) is 55.4 Å². The fraction of sp³-hybridized carbons (Fsp3) is 0.333. The molecule has 0 saturated carbocycles. The van der Waals surface area contributed by atoms with E-state index in [4.69, 9.17) is 4.18 Å². The predicted molar refractivity (Wildman–Crippen MR) is 90.2 cm³/mol. The molecule has 0 aromatic heterocycles. The fourth-order valence-corrected chi connectivity index (χ4v) is 4.04. The minimum Gasteiger partial charge on any atom is -0.255 e. The second-order valence-electron chi connectivity index (χ2n) is 6.01. The Morgan fingerprint density at radius 1 is 1.09 bits per heavy atom. The van der Waals surface area contributed by atoms with Gasteiger partial charge in [-0.2, -0.15) is 13.1 Å². The van der Waals surface area contributed by atoms with Gasteiger partial charge >= 0.3 is 10.3 Å². The van der Waals surface area contributed by atoms with Crippen LogP contribution < -0.4 is 4.72 Å². The first-order valence-electron chi connectivity index (χ1n) is 7.83. The van der Waals surface area contributed by atoms with Gasteiger partial charge in [0.05, 0.1) is 12.1 Å². The third-order valence-corrected chi connectivity index (χ3v) is 5.22. The second kappa shape index (κ2) is 6.83. The monoisotopic (exact) mass is 331 g/mol. The third kappa shape index (κ3) is 4.41. The lowest BCUT2D eigenvalue weighted by molar-refractivity contribution is 0.149. The maximum absolute atomic E-state index is 12.0. The second-order valence-corrected chi connectivity index (χ2v) is 7.35. The lowest BCUT2D eigenvalue weighted by Gasteiger charge is -2.30. The van der Waals surface area contributed by atoms with E-state index in [0.29, 0.717) is 12.8 Å². The summed E-state index contributed by atoms with van der Waals surface area (Å²) in [6, 6.07) is 17.8. The zero-order valence-corrected chi connectivity index (χ0v) is 13.9. The van der Waals surface area contributed by atoms with E-state index in [1.807, 2.05) is 61.5 Å². The normalized spacial score (nSPS) is 23.5. The van der Waals surface area contributed by atoms with E-state index < -0.39 is 10.3 Å². The van der Waals surface area contributed by atoms with Crippen molar-refractivity contribution in [1.82, 2.24) is 4.72 Å². The van der Waals surface area contributed by atoms with Crippen molar-refractivity contribution in [3.63, 3.8) is 0 Å². The zero-order valence-electron chi connectivity index (χ0n) is 13.1. The van der Waals surface area contributed by atoms with Crippen LogP contribution in [0.3, 0.4) is 0 Å². The molecule has 4 nitrogen and oxygen atoms in total. The number of rotatable bonds is 4. The molecule has 1 N–H and O–H groups in total. The lowest BCUT2D eigenvalue weighted by Crippen LogP contribution is -2.41. The maximum Gasteiger partial charge on any atom is 0.336 e. The first-order valence-corrected chi connectivity index (χ1v) is 9.24. The van der Waals surface area contributed by atoms with Crippen LogP contribution in [-0.4, -0.2) is 14.5 Å². The molecule has 2 unspecified atom stereocenters. The Bertz CT molecular complexity index is 742. The van der Waals surface area contributed by atoms with Gasteiger partial charge in [-0.3, -0.25) is 4.18 Å². The van der Waals surface area contributed by atoms with Crippen LogP contribution in [0.5, 0.6) is 0 Å². The Morgan fingerprint density at radius 2 is 1.78 bits per heavy atom. The van der Waals surface area contributed by atoms with Crippen LogP contribution in [0.15, 0.2) is 54.6 Å². The quantitative estimate of drug-likeness (QED) is 0.935. The smallest absolute Gasteiger partial charge is 0.255 e. The van der Waals surface area contributed by atoms with Gasteiger partial charge in [-0.1, -0.05) is 60.2 Å². The fourth-order valence-electron chi connectivity index (χ4n) is 2.87. The van der Waals surface area contributed by atoms with E-state index in [-0.39, 0.29) is 12.1 Å². The molecule has 5 heteroatoms. The summed E-state index contributed by atoms with van der Waals surface area (Å²) in [6.07, 6.45) is 1.84. The van der Waals surface area contributed by atoms with Crippen LogP contribution in [0.2, 0.25) is 0 Å². The van der Waals surface area contributed by atoms with Crippen molar-refractivity contribution in [2.75, 3.05) is 0 Å². The van der Waals surface area contributed by atoms with E-state index in [9.17, 15) is 8.42 Å². The van der Waals surface area contributed by atoms with Crippen molar-refractivity contribution in [3.8, 4) is 0 Å². The minimum absolute atomic E-state index is 0.227. The van der Waals surface area contributed by atoms with Crippen LogP contribution in [0, 0.1) is 6.92 Å². The summed E-state index contributed by atoms with van der Waals surface area (Å²) >= 11 is 0. The van der Waals surface area contributed by atoms with Crippen molar-refractivity contribution >= 4 is 10.3 Å². The lowest BCUT2D eigenvalue weighted by atomic mass is 9.97. The van der Waals surface area contributed by atoms with Crippen LogP contribution in [0.4, 0.5) is 0 Å². The van der Waals surface area contributed by atoms with Gasteiger partial charge in [-0.05, 0) is 37.3 Å².